The van der Waals surface area contributed by atoms with E-state index in [-0.39, 0.29) is 0 Å². The zero-order valence-electron chi connectivity index (χ0n) is 10.7. The summed E-state index contributed by atoms with van der Waals surface area (Å²) in [6, 6.07) is 0.805. The SMILES string of the molecule is CCCC1(CNC(C(C)C)C2CC2)CC1. The van der Waals surface area contributed by atoms with Crippen LogP contribution in [0.25, 0.3) is 0 Å². The first-order chi connectivity index (χ1) is 7.17. The van der Waals surface area contributed by atoms with Crippen molar-refractivity contribution in [2.24, 2.45) is 17.3 Å². The fraction of sp³-hybridized carbons (Fsp3) is 1.00. The van der Waals surface area contributed by atoms with E-state index in [1.54, 1.807) is 0 Å². The molecule has 1 nitrogen and oxygen atoms in total. The van der Waals surface area contributed by atoms with Crippen molar-refractivity contribution in [3.05, 3.63) is 0 Å². The third-order valence-corrected chi connectivity index (χ3v) is 4.30. The van der Waals surface area contributed by atoms with E-state index < -0.39 is 0 Å². The van der Waals surface area contributed by atoms with Crippen LogP contribution in [0.4, 0.5) is 0 Å². The van der Waals surface area contributed by atoms with Crippen molar-refractivity contribution in [2.45, 2.75) is 65.3 Å². The van der Waals surface area contributed by atoms with Gasteiger partial charge >= 0.3 is 0 Å². The molecule has 2 saturated carbocycles. The van der Waals surface area contributed by atoms with E-state index in [0.717, 1.165) is 23.3 Å². The van der Waals surface area contributed by atoms with Gasteiger partial charge in [-0.05, 0) is 49.4 Å². The maximum absolute atomic E-state index is 3.87. The Morgan fingerprint density at radius 3 is 2.33 bits per heavy atom. The van der Waals surface area contributed by atoms with E-state index >= 15 is 0 Å². The molecule has 2 aliphatic carbocycles. The van der Waals surface area contributed by atoms with E-state index in [0.29, 0.717) is 0 Å². The Balaban J connectivity index is 1.75. The van der Waals surface area contributed by atoms with Crippen LogP contribution >= 0.6 is 0 Å². The van der Waals surface area contributed by atoms with Gasteiger partial charge in [0.1, 0.15) is 0 Å². The first-order valence-electron chi connectivity index (χ1n) is 6.90. The van der Waals surface area contributed by atoms with Gasteiger partial charge in [0.25, 0.3) is 0 Å². The molecule has 0 aromatic rings. The summed E-state index contributed by atoms with van der Waals surface area (Å²) in [7, 11) is 0. The van der Waals surface area contributed by atoms with Crippen molar-refractivity contribution in [3.63, 3.8) is 0 Å². The molecule has 0 amide bonds. The van der Waals surface area contributed by atoms with E-state index in [4.69, 9.17) is 0 Å². The Labute approximate surface area is 95.0 Å². The van der Waals surface area contributed by atoms with Crippen LogP contribution in [-0.2, 0) is 0 Å². The molecule has 0 aliphatic heterocycles. The van der Waals surface area contributed by atoms with Gasteiger partial charge in [0.2, 0.25) is 0 Å². The van der Waals surface area contributed by atoms with Gasteiger partial charge in [0.05, 0.1) is 0 Å². The second kappa shape index (κ2) is 4.45. The minimum atomic E-state index is 0.719. The maximum Gasteiger partial charge on any atom is 0.0118 e. The molecule has 2 fully saturated rings. The Bertz CT molecular complexity index is 199. The molecular weight excluding hydrogens is 182 g/mol. The lowest BCUT2D eigenvalue weighted by Crippen LogP contribution is -2.39. The molecule has 0 bridgehead atoms. The molecule has 2 aliphatic rings. The van der Waals surface area contributed by atoms with Gasteiger partial charge in [0.15, 0.2) is 0 Å². The van der Waals surface area contributed by atoms with Crippen molar-refractivity contribution in [1.82, 2.24) is 5.32 Å². The molecule has 2 rings (SSSR count). The predicted octanol–water partition coefficient (Wildman–Crippen LogP) is 3.59. The summed E-state index contributed by atoms with van der Waals surface area (Å²) < 4.78 is 0. The average Bonchev–Trinajstić information content (AvgIpc) is 3.01. The van der Waals surface area contributed by atoms with Crippen molar-refractivity contribution < 1.29 is 0 Å². The Morgan fingerprint density at radius 2 is 1.93 bits per heavy atom. The van der Waals surface area contributed by atoms with Gasteiger partial charge in [-0.15, -0.1) is 0 Å². The van der Waals surface area contributed by atoms with Gasteiger partial charge in [-0.2, -0.15) is 0 Å². The summed E-state index contributed by atoms with van der Waals surface area (Å²) in [5.74, 6) is 1.82. The van der Waals surface area contributed by atoms with Crippen LogP contribution in [-0.4, -0.2) is 12.6 Å². The van der Waals surface area contributed by atoms with Crippen LogP contribution in [0.1, 0.15) is 59.3 Å². The van der Waals surface area contributed by atoms with Crippen LogP contribution in [0.3, 0.4) is 0 Å². The topological polar surface area (TPSA) is 12.0 Å². The second-order valence-electron chi connectivity index (χ2n) is 6.24. The Morgan fingerprint density at radius 1 is 1.27 bits per heavy atom. The fourth-order valence-corrected chi connectivity index (χ4v) is 2.96. The van der Waals surface area contributed by atoms with E-state index in [9.17, 15) is 0 Å². The quantitative estimate of drug-likeness (QED) is 0.675. The van der Waals surface area contributed by atoms with Crippen LogP contribution in [0.15, 0.2) is 0 Å². The summed E-state index contributed by atoms with van der Waals surface area (Å²) in [4.78, 5) is 0. The molecule has 0 saturated heterocycles. The zero-order valence-corrected chi connectivity index (χ0v) is 10.7. The highest BCUT2D eigenvalue weighted by molar-refractivity contribution is 4.97. The van der Waals surface area contributed by atoms with Gasteiger partial charge in [-0.1, -0.05) is 27.2 Å². The molecule has 0 radical (unpaired) electrons. The molecule has 1 N–H and O–H groups in total. The Hall–Kier alpha value is -0.0400. The third-order valence-electron chi connectivity index (χ3n) is 4.30. The van der Waals surface area contributed by atoms with Crippen molar-refractivity contribution in [1.29, 1.82) is 0 Å². The van der Waals surface area contributed by atoms with E-state index in [2.05, 4.69) is 26.1 Å². The monoisotopic (exact) mass is 209 g/mol. The lowest BCUT2D eigenvalue weighted by molar-refractivity contribution is 0.314. The Kier molecular flexibility index (Phi) is 3.39. The predicted molar refractivity (Wildman–Crippen MR) is 65.9 cm³/mol. The second-order valence-corrected chi connectivity index (χ2v) is 6.24. The van der Waals surface area contributed by atoms with Gasteiger partial charge < -0.3 is 5.32 Å². The molecule has 0 spiro atoms. The maximum atomic E-state index is 3.87. The first-order valence-corrected chi connectivity index (χ1v) is 6.90. The number of nitrogens with one attached hydrogen (secondary N) is 1. The molecule has 0 aromatic carbocycles. The number of hydrogen-bond acceptors (Lipinski definition) is 1. The summed E-state index contributed by atoms with van der Waals surface area (Å²) >= 11 is 0. The number of hydrogen-bond donors (Lipinski definition) is 1. The normalized spacial score (nSPS) is 25.6. The van der Waals surface area contributed by atoms with Crippen molar-refractivity contribution in [2.75, 3.05) is 6.54 Å². The number of rotatable bonds is 7. The lowest BCUT2D eigenvalue weighted by Gasteiger charge is -2.25. The highest BCUT2D eigenvalue weighted by Gasteiger charge is 2.42. The standard InChI is InChI=1S/C14H27N/c1-4-7-14(8-9-14)10-15-13(11(2)3)12-5-6-12/h11-13,15H,4-10H2,1-3H3. The van der Waals surface area contributed by atoms with Gasteiger partial charge in [0, 0.05) is 12.6 Å². The third kappa shape index (κ3) is 2.96. The summed E-state index contributed by atoms with van der Waals surface area (Å²) in [5.41, 5.74) is 0.719. The molecule has 1 atom stereocenters. The fourth-order valence-electron chi connectivity index (χ4n) is 2.96. The van der Waals surface area contributed by atoms with Crippen LogP contribution < -0.4 is 5.32 Å². The molecule has 0 aromatic heterocycles. The zero-order chi connectivity index (χ0) is 10.9. The molecule has 15 heavy (non-hydrogen) atoms. The summed E-state index contributed by atoms with van der Waals surface area (Å²) in [6.07, 6.45) is 8.69. The molecule has 0 heterocycles. The summed E-state index contributed by atoms with van der Waals surface area (Å²) in [6.45, 7) is 8.35. The minimum Gasteiger partial charge on any atom is -0.313 e. The van der Waals surface area contributed by atoms with E-state index in [1.165, 1.54) is 45.1 Å². The van der Waals surface area contributed by atoms with Crippen molar-refractivity contribution >= 4 is 0 Å². The molecule has 88 valence electrons. The molecule has 1 heteroatoms. The van der Waals surface area contributed by atoms with Crippen molar-refractivity contribution in [3.8, 4) is 0 Å². The highest BCUT2D eigenvalue weighted by Crippen LogP contribution is 2.49. The lowest BCUT2D eigenvalue weighted by atomic mass is 9.96. The first kappa shape index (κ1) is 11.4. The summed E-state index contributed by atoms with van der Waals surface area (Å²) in [5, 5.41) is 3.87. The van der Waals surface area contributed by atoms with Crippen LogP contribution in [0, 0.1) is 17.3 Å². The van der Waals surface area contributed by atoms with E-state index in [1.807, 2.05) is 0 Å². The molecular formula is C14H27N. The smallest absolute Gasteiger partial charge is 0.0118 e. The minimum absolute atomic E-state index is 0.719. The largest absolute Gasteiger partial charge is 0.313 e. The average molecular weight is 209 g/mol. The van der Waals surface area contributed by atoms with Crippen LogP contribution in [0.5, 0.6) is 0 Å². The van der Waals surface area contributed by atoms with Crippen LogP contribution in [0.2, 0.25) is 0 Å². The molecule has 1 unspecified atom stereocenters. The van der Waals surface area contributed by atoms with Gasteiger partial charge in [-0.25, -0.2) is 0 Å². The van der Waals surface area contributed by atoms with Gasteiger partial charge in [-0.3, -0.25) is 0 Å². The highest BCUT2D eigenvalue weighted by atomic mass is 15.0.